The Morgan fingerprint density at radius 1 is 1.30 bits per heavy atom. The first kappa shape index (κ1) is 15.0. The third-order valence-electron chi connectivity index (χ3n) is 2.76. The molecule has 0 saturated carbocycles. The smallest absolute Gasteiger partial charge is 0.125 e. The second kappa shape index (κ2) is 6.37. The molecule has 2 aromatic rings. The molecule has 2 aromatic carbocycles. The molecule has 106 valence electrons. The van der Waals surface area contributed by atoms with Gasteiger partial charge < -0.3 is 10.5 Å². The first-order valence-corrected chi connectivity index (χ1v) is 7.88. The van der Waals surface area contributed by atoms with Gasteiger partial charge in [-0.05, 0) is 42.0 Å². The van der Waals surface area contributed by atoms with E-state index in [9.17, 15) is 8.60 Å². The number of methoxy groups -OCH3 is 1. The average Bonchev–Trinajstić information content (AvgIpc) is 2.41. The minimum Gasteiger partial charge on any atom is -0.497 e. The van der Waals surface area contributed by atoms with Crippen molar-refractivity contribution in [3.05, 3.63) is 52.3 Å². The fraction of sp³-hybridized carbons (Fsp3) is 0.143. The van der Waals surface area contributed by atoms with Crippen LogP contribution in [0, 0.1) is 5.82 Å². The molecule has 1 atom stereocenters. The van der Waals surface area contributed by atoms with E-state index in [-0.39, 0.29) is 11.4 Å². The molecule has 0 heterocycles. The predicted octanol–water partition coefficient (Wildman–Crippen LogP) is 3.49. The Kier molecular flexibility index (Phi) is 4.77. The first-order chi connectivity index (χ1) is 9.51. The number of benzene rings is 2. The molecule has 0 amide bonds. The Labute approximate surface area is 127 Å². The van der Waals surface area contributed by atoms with E-state index >= 15 is 0 Å². The molecule has 0 bridgehead atoms. The maximum atomic E-state index is 13.0. The summed E-state index contributed by atoms with van der Waals surface area (Å²) < 4.78 is 31.3. The van der Waals surface area contributed by atoms with Crippen molar-refractivity contribution < 1.29 is 13.3 Å². The molecule has 20 heavy (non-hydrogen) atoms. The normalized spacial score (nSPS) is 12.2. The lowest BCUT2D eigenvalue weighted by Crippen LogP contribution is -2.02. The quantitative estimate of drug-likeness (QED) is 0.852. The van der Waals surface area contributed by atoms with Gasteiger partial charge in [-0.3, -0.25) is 4.21 Å². The summed E-state index contributed by atoms with van der Waals surface area (Å²) in [5.74, 6) is 0.520. The predicted molar refractivity (Wildman–Crippen MR) is 81.6 cm³/mol. The van der Waals surface area contributed by atoms with Crippen molar-refractivity contribution in [1.29, 1.82) is 0 Å². The van der Waals surface area contributed by atoms with Crippen LogP contribution in [0.15, 0.2) is 45.8 Å². The van der Waals surface area contributed by atoms with Gasteiger partial charge in [0.2, 0.25) is 0 Å². The minimum absolute atomic E-state index is 0.197. The minimum atomic E-state index is -1.35. The monoisotopic (exact) mass is 357 g/mol. The zero-order chi connectivity index (χ0) is 14.7. The average molecular weight is 358 g/mol. The van der Waals surface area contributed by atoms with Gasteiger partial charge in [0.05, 0.1) is 34.2 Å². The van der Waals surface area contributed by atoms with Gasteiger partial charge in [0.25, 0.3) is 0 Å². The molecule has 3 nitrogen and oxygen atoms in total. The molecule has 0 aliphatic rings. The maximum Gasteiger partial charge on any atom is 0.125 e. The van der Waals surface area contributed by atoms with Crippen LogP contribution < -0.4 is 10.5 Å². The Morgan fingerprint density at radius 3 is 2.70 bits per heavy atom. The number of anilines is 1. The van der Waals surface area contributed by atoms with Gasteiger partial charge in [-0.25, -0.2) is 4.39 Å². The fourth-order valence-corrected chi connectivity index (χ4v) is 3.53. The third kappa shape index (κ3) is 3.37. The van der Waals surface area contributed by atoms with Crippen LogP contribution >= 0.6 is 15.9 Å². The van der Waals surface area contributed by atoms with Crippen LogP contribution in [0.2, 0.25) is 0 Å². The van der Waals surface area contributed by atoms with Crippen molar-refractivity contribution in [2.24, 2.45) is 0 Å². The Bertz CT molecular complexity index is 664. The van der Waals surface area contributed by atoms with Crippen LogP contribution in [0.25, 0.3) is 0 Å². The van der Waals surface area contributed by atoms with Gasteiger partial charge in [-0.2, -0.15) is 0 Å². The largest absolute Gasteiger partial charge is 0.497 e. The van der Waals surface area contributed by atoms with E-state index in [1.165, 1.54) is 18.2 Å². The van der Waals surface area contributed by atoms with E-state index in [0.717, 1.165) is 10.0 Å². The van der Waals surface area contributed by atoms with E-state index in [0.29, 0.717) is 10.6 Å². The molecular weight excluding hydrogens is 345 g/mol. The summed E-state index contributed by atoms with van der Waals surface area (Å²) in [4.78, 5) is 0.432. The molecule has 0 aromatic heterocycles. The van der Waals surface area contributed by atoms with Crippen molar-refractivity contribution in [2.45, 2.75) is 10.6 Å². The van der Waals surface area contributed by atoms with Crippen LogP contribution in [0.4, 0.5) is 10.1 Å². The fourth-order valence-electron chi connectivity index (χ4n) is 1.73. The lowest BCUT2D eigenvalue weighted by molar-refractivity contribution is 0.414. The number of rotatable bonds is 4. The molecule has 2 rings (SSSR count). The molecule has 0 saturated heterocycles. The summed E-state index contributed by atoms with van der Waals surface area (Å²) in [5, 5.41) is 0. The van der Waals surface area contributed by atoms with Crippen LogP contribution in [0.1, 0.15) is 5.56 Å². The number of nitrogens with two attached hydrogens (primary N) is 1. The number of hydrogen-bond donors (Lipinski definition) is 1. The van der Waals surface area contributed by atoms with Gasteiger partial charge >= 0.3 is 0 Å². The highest BCUT2D eigenvalue weighted by atomic mass is 79.9. The highest BCUT2D eigenvalue weighted by Crippen LogP contribution is 2.26. The Balaban J connectivity index is 2.27. The van der Waals surface area contributed by atoms with E-state index < -0.39 is 16.6 Å². The topological polar surface area (TPSA) is 52.3 Å². The molecular formula is C14H13BrFNO2S. The van der Waals surface area contributed by atoms with Crippen LogP contribution in [0.3, 0.4) is 0 Å². The summed E-state index contributed by atoms with van der Waals surface area (Å²) in [6.07, 6.45) is 0. The number of hydrogen-bond acceptors (Lipinski definition) is 3. The van der Waals surface area contributed by atoms with E-state index in [1.54, 1.807) is 7.11 Å². The number of halogens is 2. The van der Waals surface area contributed by atoms with Crippen molar-refractivity contribution >= 4 is 32.4 Å². The van der Waals surface area contributed by atoms with Gasteiger partial charge in [0.1, 0.15) is 11.6 Å². The standard InChI is InChI=1S/C14H13BrFNO2S/c1-19-11-3-4-12(15)9(6-11)8-20(18)14-5-2-10(16)7-13(14)17/h2-7H,8,17H2,1H3. The second-order valence-electron chi connectivity index (χ2n) is 4.13. The lowest BCUT2D eigenvalue weighted by Gasteiger charge is -2.09. The molecule has 2 N–H and O–H groups in total. The number of nitrogen functional groups attached to an aromatic ring is 1. The highest BCUT2D eigenvalue weighted by molar-refractivity contribution is 9.10. The van der Waals surface area contributed by atoms with Gasteiger partial charge in [-0.1, -0.05) is 15.9 Å². The van der Waals surface area contributed by atoms with E-state index in [1.807, 2.05) is 18.2 Å². The Hall–Kier alpha value is -1.40. The molecule has 6 heteroatoms. The SMILES string of the molecule is COc1ccc(Br)c(CS(=O)c2ccc(F)cc2N)c1. The molecule has 0 aliphatic carbocycles. The molecule has 1 unspecified atom stereocenters. The summed E-state index contributed by atoms with van der Waals surface area (Å²) in [5.41, 5.74) is 6.74. The van der Waals surface area contributed by atoms with Gasteiger partial charge in [0.15, 0.2) is 0 Å². The zero-order valence-corrected chi connectivity index (χ0v) is 13.1. The second-order valence-corrected chi connectivity index (χ2v) is 6.40. The summed E-state index contributed by atoms with van der Waals surface area (Å²) in [7, 11) is 0.219. The molecule has 0 fully saturated rings. The van der Waals surface area contributed by atoms with Gasteiger partial charge in [0, 0.05) is 4.47 Å². The van der Waals surface area contributed by atoms with Crippen LogP contribution in [0.5, 0.6) is 5.75 Å². The lowest BCUT2D eigenvalue weighted by atomic mass is 10.2. The van der Waals surface area contributed by atoms with Crippen molar-refractivity contribution in [3.63, 3.8) is 0 Å². The summed E-state index contributed by atoms with van der Waals surface area (Å²) in [6, 6.07) is 9.33. The molecule has 0 spiro atoms. The first-order valence-electron chi connectivity index (χ1n) is 5.77. The number of ether oxygens (including phenoxy) is 1. The maximum absolute atomic E-state index is 13.0. The van der Waals surface area contributed by atoms with Crippen LogP contribution in [-0.2, 0) is 16.6 Å². The molecule has 0 radical (unpaired) electrons. The summed E-state index contributed by atoms with van der Waals surface area (Å²) >= 11 is 3.41. The van der Waals surface area contributed by atoms with E-state index in [4.69, 9.17) is 10.5 Å². The van der Waals surface area contributed by atoms with Crippen molar-refractivity contribution in [3.8, 4) is 5.75 Å². The third-order valence-corrected chi connectivity index (χ3v) is 4.97. The van der Waals surface area contributed by atoms with Gasteiger partial charge in [-0.15, -0.1) is 0 Å². The summed E-state index contributed by atoms with van der Waals surface area (Å²) in [6.45, 7) is 0. The molecule has 0 aliphatic heterocycles. The zero-order valence-electron chi connectivity index (χ0n) is 10.7. The van der Waals surface area contributed by atoms with Crippen molar-refractivity contribution in [2.75, 3.05) is 12.8 Å². The Morgan fingerprint density at radius 2 is 2.05 bits per heavy atom. The van der Waals surface area contributed by atoms with E-state index in [2.05, 4.69) is 15.9 Å². The van der Waals surface area contributed by atoms with Crippen molar-refractivity contribution in [1.82, 2.24) is 0 Å². The van der Waals surface area contributed by atoms with Crippen LogP contribution in [-0.4, -0.2) is 11.3 Å². The highest BCUT2D eigenvalue weighted by Gasteiger charge is 2.12.